The first-order valence-electron chi connectivity index (χ1n) is 6.10. The maximum Gasteiger partial charge on any atom is 0.341 e. The number of fused-ring (bicyclic) bond motifs is 1. The molecule has 0 saturated carbocycles. The molecule has 108 valence electrons. The number of rotatable bonds is 3. The third-order valence-electron chi connectivity index (χ3n) is 3.32. The molecule has 6 heteroatoms. The maximum absolute atomic E-state index is 12.0. The average Bonchev–Trinajstić information content (AvgIpc) is 2.51. The summed E-state index contributed by atoms with van der Waals surface area (Å²) in [4.78, 5) is 22.0. The van der Waals surface area contributed by atoms with Gasteiger partial charge in [-0.1, -0.05) is 35.9 Å². The van der Waals surface area contributed by atoms with Crippen LogP contribution in [0.5, 0.6) is 0 Å². The Bertz CT molecular complexity index is 512. The third kappa shape index (κ3) is 2.27. The number of hydrogen-bond donors (Lipinski definition) is 0. The fourth-order valence-corrected chi connectivity index (χ4v) is 2.65. The van der Waals surface area contributed by atoms with Gasteiger partial charge < -0.3 is 14.2 Å². The zero-order chi connectivity index (χ0) is 14.8. The summed E-state index contributed by atoms with van der Waals surface area (Å²) < 4.78 is 14.9. The number of halogens is 1. The molecule has 2 rings (SSSR count). The first-order valence-corrected chi connectivity index (χ1v) is 6.48. The molecule has 0 fully saturated rings. The number of carbonyl (C=O) groups excluding carboxylic acids is 2. The summed E-state index contributed by atoms with van der Waals surface area (Å²) in [5.74, 6) is -1.79. The smallest absolute Gasteiger partial charge is 0.341 e. The van der Waals surface area contributed by atoms with Gasteiger partial charge in [-0.3, -0.25) is 0 Å². The monoisotopic (exact) mass is 298 g/mol. The highest BCUT2D eigenvalue weighted by Gasteiger charge is 2.56. The second-order valence-electron chi connectivity index (χ2n) is 4.39. The minimum atomic E-state index is -2.04. The lowest BCUT2D eigenvalue weighted by atomic mass is 9.88. The predicted molar refractivity (Wildman–Crippen MR) is 71.5 cm³/mol. The lowest BCUT2D eigenvalue weighted by molar-refractivity contribution is -0.164. The van der Waals surface area contributed by atoms with E-state index in [9.17, 15) is 9.59 Å². The Kier molecular flexibility index (Phi) is 4.30. The first kappa shape index (κ1) is 14.8. The highest BCUT2D eigenvalue weighted by atomic mass is 35.5. The van der Waals surface area contributed by atoms with Crippen LogP contribution in [0.1, 0.15) is 17.2 Å². The standard InChI is InChI=1S/C14H15ClO5/c1-18-12(16)14(15,13(17)19-2)11-10-6-4-3-5-9(10)7-8-20-11/h3-6,11H,7-8H2,1-2H3. The molecule has 0 aliphatic carbocycles. The number of carbonyl (C=O) groups is 2. The Balaban J connectivity index is 2.51. The van der Waals surface area contributed by atoms with Crippen LogP contribution in [-0.2, 0) is 30.2 Å². The van der Waals surface area contributed by atoms with E-state index in [1.807, 2.05) is 12.1 Å². The van der Waals surface area contributed by atoms with Crippen molar-refractivity contribution in [2.24, 2.45) is 0 Å². The van der Waals surface area contributed by atoms with Crippen LogP contribution in [0.4, 0.5) is 0 Å². The molecule has 0 radical (unpaired) electrons. The lowest BCUT2D eigenvalue weighted by Gasteiger charge is -2.34. The zero-order valence-corrected chi connectivity index (χ0v) is 12.0. The number of ether oxygens (including phenoxy) is 3. The van der Waals surface area contributed by atoms with Gasteiger partial charge in [0, 0.05) is 0 Å². The number of methoxy groups -OCH3 is 2. The molecule has 1 aromatic carbocycles. The molecule has 0 N–H and O–H groups in total. The fourth-order valence-electron chi connectivity index (χ4n) is 2.32. The van der Waals surface area contributed by atoms with Gasteiger partial charge in [0.05, 0.1) is 20.8 Å². The van der Waals surface area contributed by atoms with Gasteiger partial charge in [0.15, 0.2) is 0 Å². The van der Waals surface area contributed by atoms with Crippen molar-refractivity contribution in [1.29, 1.82) is 0 Å². The van der Waals surface area contributed by atoms with Crippen molar-refractivity contribution in [1.82, 2.24) is 0 Å². The van der Waals surface area contributed by atoms with Crippen LogP contribution in [0, 0.1) is 0 Å². The van der Waals surface area contributed by atoms with Crippen molar-refractivity contribution >= 4 is 23.5 Å². The summed E-state index contributed by atoms with van der Waals surface area (Å²) in [6.07, 6.45) is -0.240. The average molecular weight is 299 g/mol. The van der Waals surface area contributed by atoms with Crippen molar-refractivity contribution < 1.29 is 23.8 Å². The van der Waals surface area contributed by atoms with Gasteiger partial charge in [-0.2, -0.15) is 0 Å². The van der Waals surface area contributed by atoms with Gasteiger partial charge in [0.1, 0.15) is 6.10 Å². The molecule has 1 atom stereocenters. The van der Waals surface area contributed by atoms with Crippen molar-refractivity contribution in [3.05, 3.63) is 35.4 Å². The Hall–Kier alpha value is -1.59. The molecule has 1 heterocycles. The van der Waals surface area contributed by atoms with Gasteiger partial charge in [-0.25, -0.2) is 9.59 Å². The minimum Gasteiger partial charge on any atom is -0.467 e. The molecular formula is C14H15ClO5. The summed E-state index contributed by atoms with van der Waals surface area (Å²) in [5, 5.41) is 0. The first-order chi connectivity index (χ1) is 9.55. The molecule has 20 heavy (non-hydrogen) atoms. The van der Waals surface area contributed by atoms with Gasteiger partial charge in [-0.15, -0.1) is 0 Å². The fraction of sp³-hybridized carbons (Fsp3) is 0.429. The van der Waals surface area contributed by atoms with Gasteiger partial charge in [-0.05, 0) is 17.5 Å². The predicted octanol–water partition coefficient (Wildman–Crippen LogP) is 1.62. The molecule has 1 aromatic rings. The van der Waals surface area contributed by atoms with Crippen LogP contribution in [0.15, 0.2) is 24.3 Å². The number of hydrogen-bond acceptors (Lipinski definition) is 5. The summed E-state index contributed by atoms with van der Waals surface area (Å²) >= 11 is 6.27. The lowest BCUT2D eigenvalue weighted by Crippen LogP contribution is -2.50. The van der Waals surface area contributed by atoms with Crippen LogP contribution < -0.4 is 0 Å². The van der Waals surface area contributed by atoms with Crippen molar-refractivity contribution in [3.8, 4) is 0 Å². The van der Waals surface area contributed by atoms with Crippen molar-refractivity contribution in [2.45, 2.75) is 17.4 Å². The van der Waals surface area contributed by atoms with Gasteiger partial charge in [0.25, 0.3) is 4.87 Å². The van der Waals surface area contributed by atoms with E-state index in [0.717, 1.165) is 19.8 Å². The second kappa shape index (κ2) is 5.81. The van der Waals surface area contributed by atoms with E-state index in [0.29, 0.717) is 18.6 Å². The van der Waals surface area contributed by atoms with E-state index < -0.39 is 22.9 Å². The van der Waals surface area contributed by atoms with E-state index in [1.165, 1.54) is 0 Å². The van der Waals surface area contributed by atoms with Gasteiger partial charge >= 0.3 is 11.9 Å². The van der Waals surface area contributed by atoms with E-state index in [-0.39, 0.29) is 0 Å². The quantitative estimate of drug-likeness (QED) is 0.482. The second-order valence-corrected chi connectivity index (χ2v) is 4.99. The molecule has 0 amide bonds. The molecule has 1 aliphatic rings. The Morgan fingerprint density at radius 3 is 2.45 bits per heavy atom. The van der Waals surface area contributed by atoms with Crippen LogP contribution in [0.25, 0.3) is 0 Å². The highest BCUT2D eigenvalue weighted by molar-refractivity contribution is 6.45. The molecule has 0 bridgehead atoms. The highest BCUT2D eigenvalue weighted by Crippen LogP contribution is 2.41. The summed E-state index contributed by atoms with van der Waals surface area (Å²) in [5.41, 5.74) is 1.69. The van der Waals surface area contributed by atoms with Crippen molar-refractivity contribution in [2.75, 3.05) is 20.8 Å². The molecule has 5 nitrogen and oxygen atoms in total. The Morgan fingerprint density at radius 1 is 1.25 bits per heavy atom. The SMILES string of the molecule is COC(=O)C(Cl)(C(=O)OC)C1OCCc2ccccc21. The summed E-state index contributed by atoms with van der Waals surface area (Å²) in [6.45, 7) is 0.365. The number of esters is 2. The van der Waals surface area contributed by atoms with E-state index in [1.54, 1.807) is 12.1 Å². The number of alkyl halides is 1. The zero-order valence-electron chi connectivity index (χ0n) is 11.2. The van der Waals surface area contributed by atoms with E-state index in [4.69, 9.17) is 16.3 Å². The summed E-state index contributed by atoms with van der Waals surface area (Å²) in [6, 6.07) is 7.37. The number of benzene rings is 1. The van der Waals surface area contributed by atoms with E-state index in [2.05, 4.69) is 9.47 Å². The van der Waals surface area contributed by atoms with E-state index >= 15 is 0 Å². The molecule has 0 spiro atoms. The summed E-state index contributed by atoms with van der Waals surface area (Å²) in [7, 11) is 2.33. The van der Waals surface area contributed by atoms with Crippen LogP contribution >= 0.6 is 11.6 Å². The molecule has 0 saturated heterocycles. The molecule has 0 aromatic heterocycles. The maximum atomic E-state index is 12.0. The normalized spacial score (nSPS) is 18.1. The Morgan fingerprint density at radius 2 is 1.85 bits per heavy atom. The van der Waals surface area contributed by atoms with Gasteiger partial charge in [0.2, 0.25) is 0 Å². The largest absolute Gasteiger partial charge is 0.467 e. The minimum absolute atomic E-state index is 0.365. The molecule has 1 aliphatic heterocycles. The molecular weight excluding hydrogens is 284 g/mol. The van der Waals surface area contributed by atoms with Crippen LogP contribution in [-0.4, -0.2) is 37.6 Å². The third-order valence-corrected chi connectivity index (χ3v) is 3.83. The topological polar surface area (TPSA) is 61.8 Å². The molecule has 1 unspecified atom stereocenters. The van der Waals surface area contributed by atoms with Crippen molar-refractivity contribution in [3.63, 3.8) is 0 Å². The Labute approximate surface area is 121 Å². The van der Waals surface area contributed by atoms with Crippen LogP contribution in [0.3, 0.4) is 0 Å². The van der Waals surface area contributed by atoms with Crippen LogP contribution in [0.2, 0.25) is 0 Å².